The number of nitro groups is 1. The maximum atomic E-state index is 13.4. The van der Waals surface area contributed by atoms with Gasteiger partial charge >= 0.3 is 11.7 Å². The molecule has 0 amide bonds. The molecule has 0 aliphatic carbocycles. The van der Waals surface area contributed by atoms with Crippen molar-refractivity contribution < 1.29 is 19.2 Å². The molecule has 0 atom stereocenters. The Kier molecular flexibility index (Phi) is 3.19. The Labute approximate surface area is 105 Å². The van der Waals surface area contributed by atoms with Crippen LogP contribution in [0.15, 0.2) is 24.4 Å². The fourth-order valence-electron chi connectivity index (χ4n) is 1.45. The van der Waals surface area contributed by atoms with Crippen LogP contribution in [-0.2, 0) is 11.2 Å². The van der Waals surface area contributed by atoms with E-state index in [1.807, 2.05) is 0 Å². The van der Waals surface area contributed by atoms with Gasteiger partial charge in [0.25, 0.3) is 0 Å². The summed E-state index contributed by atoms with van der Waals surface area (Å²) in [5.41, 5.74) is -0.229. The first kappa shape index (κ1) is 12.6. The molecule has 9 heteroatoms. The quantitative estimate of drug-likeness (QED) is 0.651. The van der Waals surface area contributed by atoms with Gasteiger partial charge in [-0.05, 0) is 6.07 Å². The van der Waals surface area contributed by atoms with Gasteiger partial charge in [0.2, 0.25) is 5.82 Å². The van der Waals surface area contributed by atoms with Crippen LogP contribution in [0.25, 0.3) is 5.69 Å². The second-order valence-corrected chi connectivity index (χ2v) is 3.62. The third kappa shape index (κ3) is 2.70. The van der Waals surface area contributed by atoms with E-state index in [1.54, 1.807) is 0 Å². The van der Waals surface area contributed by atoms with Gasteiger partial charge in [-0.3, -0.25) is 14.9 Å². The predicted molar refractivity (Wildman–Crippen MR) is 59.3 cm³/mol. The summed E-state index contributed by atoms with van der Waals surface area (Å²) in [7, 11) is 0. The van der Waals surface area contributed by atoms with Crippen LogP contribution in [0.3, 0.4) is 0 Å². The number of hydrogen-bond donors (Lipinski definition) is 1. The summed E-state index contributed by atoms with van der Waals surface area (Å²) in [4.78, 5) is 20.1. The molecule has 98 valence electrons. The zero-order chi connectivity index (χ0) is 14.0. The first-order chi connectivity index (χ1) is 8.97. The molecule has 0 unspecified atom stereocenters. The molecule has 0 saturated carbocycles. The SMILES string of the molecule is O=C(O)Cc1cn(-c2ccc([N+](=O)[O-])c(F)c2)nn1. The number of aromatic nitrogens is 3. The fraction of sp³-hybridized carbons (Fsp3) is 0.100. The van der Waals surface area contributed by atoms with Crippen LogP contribution in [0.2, 0.25) is 0 Å². The minimum Gasteiger partial charge on any atom is -0.481 e. The predicted octanol–water partition coefficient (Wildman–Crippen LogP) is 0.942. The van der Waals surface area contributed by atoms with Crippen LogP contribution in [0.1, 0.15) is 5.69 Å². The summed E-state index contributed by atoms with van der Waals surface area (Å²) in [5, 5.41) is 26.3. The van der Waals surface area contributed by atoms with Gasteiger partial charge in [-0.1, -0.05) is 5.21 Å². The zero-order valence-electron chi connectivity index (χ0n) is 9.36. The highest BCUT2D eigenvalue weighted by Crippen LogP contribution is 2.19. The Balaban J connectivity index is 2.32. The minimum atomic E-state index is -1.07. The number of carboxylic acids is 1. The highest BCUT2D eigenvalue weighted by Gasteiger charge is 2.15. The smallest absolute Gasteiger partial charge is 0.309 e. The summed E-state index contributed by atoms with van der Waals surface area (Å²) in [6.45, 7) is 0. The average molecular weight is 266 g/mol. The molecule has 0 aliphatic heterocycles. The molecule has 0 fully saturated rings. The fourth-order valence-corrected chi connectivity index (χ4v) is 1.45. The molecule has 1 N–H and O–H groups in total. The van der Waals surface area contributed by atoms with Crippen molar-refractivity contribution in [2.24, 2.45) is 0 Å². The second kappa shape index (κ2) is 4.80. The van der Waals surface area contributed by atoms with Crippen molar-refractivity contribution in [1.82, 2.24) is 15.0 Å². The van der Waals surface area contributed by atoms with Crippen LogP contribution in [0.5, 0.6) is 0 Å². The van der Waals surface area contributed by atoms with E-state index >= 15 is 0 Å². The lowest BCUT2D eigenvalue weighted by molar-refractivity contribution is -0.387. The van der Waals surface area contributed by atoms with Gasteiger partial charge in [0, 0.05) is 12.1 Å². The summed E-state index contributed by atoms with van der Waals surface area (Å²) >= 11 is 0. The van der Waals surface area contributed by atoms with E-state index in [1.165, 1.54) is 12.3 Å². The monoisotopic (exact) mass is 266 g/mol. The summed E-state index contributed by atoms with van der Waals surface area (Å²) < 4.78 is 14.6. The number of nitro benzene ring substituents is 1. The van der Waals surface area contributed by atoms with Gasteiger partial charge < -0.3 is 5.11 Å². The van der Waals surface area contributed by atoms with Crippen LogP contribution in [0, 0.1) is 15.9 Å². The van der Waals surface area contributed by atoms with Gasteiger partial charge in [-0.15, -0.1) is 5.10 Å². The van der Waals surface area contributed by atoms with Gasteiger partial charge in [0.15, 0.2) is 0 Å². The Morgan fingerprint density at radius 1 is 1.53 bits per heavy atom. The molecule has 0 radical (unpaired) electrons. The highest BCUT2D eigenvalue weighted by atomic mass is 19.1. The molecule has 1 aromatic heterocycles. The van der Waals surface area contributed by atoms with Crippen molar-refractivity contribution in [3.63, 3.8) is 0 Å². The molecular weight excluding hydrogens is 259 g/mol. The van der Waals surface area contributed by atoms with E-state index in [9.17, 15) is 19.3 Å². The average Bonchev–Trinajstić information content (AvgIpc) is 2.75. The normalized spacial score (nSPS) is 10.4. The molecule has 2 aromatic rings. The minimum absolute atomic E-state index is 0.200. The lowest BCUT2D eigenvalue weighted by atomic mass is 10.2. The van der Waals surface area contributed by atoms with E-state index in [0.717, 1.165) is 16.8 Å². The van der Waals surface area contributed by atoms with Gasteiger partial charge in [0.05, 0.1) is 28.9 Å². The maximum absolute atomic E-state index is 13.4. The summed E-state index contributed by atoms with van der Waals surface area (Å²) in [5.74, 6) is -2.07. The molecule has 0 aliphatic rings. The van der Waals surface area contributed by atoms with Crippen molar-refractivity contribution in [1.29, 1.82) is 0 Å². The number of aliphatic carboxylic acids is 1. The second-order valence-electron chi connectivity index (χ2n) is 3.62. The van der Waals surface area contributed by atoms with Gasteiger partial charge in [-0.25, -0.2) is 4.68 Å². The molecule has 0 bridgehead atoms. The van der Waals surface area contributed by atoms with E-state index in [-0.39, 0.29) is 17.8 Å². The van der Waals surface area contributed by atoms with Gasteiger partial charge in [0.1, 0.15) is 0 Å². The van der Waals surface area contributed by atoms with Crippen molar-refractivity contribution >= 4 is 11.7 Å². The highest BCUT2D eigenvalue weighted by molar-refractivity contribution is 5.69. The number of carbonyl (C=O) groups is 1. The van der Waals surface area contributed by atoms with Crippen LogP contribution >= 0.6 is 0 Å². The van der Waals surface area contributed by atoms with Crippen molar-refractivity contribution in [3.05, 3.63) is 46.0 Å². The van der Waals surface area contributed by atoms with E-state index < -0.39 is 22.4 Å². The molecule has 2 rings (SSSR count). The first-order valence-electron chi connectivity index (χ1n) is 5.04. The van der Waals surface area contributed by atoms with E-state index in [2.05, 4.69) is 10.3 Å². The molecule has 1 heterocycles. The Bertz CT molecular complexity index is 655. The van der Waals surface area contributed by atoms with Crippen LogP contribution in [-0.4, -0.2) is 31.0 Å². The third-order valence-corrected chi connectivity index (χ3v) is 2.27. The Morgan fingerprint density at radius 2 is 2.26 bits per heavy atom. The van der Waals surface area contributed by atoms with E-state index in [0.29, 0.717) is 0 Å². The largest absolute Gasteiger partial charge is 0.481 e. The number of rotatable bonds is 4. The lowest BCUT2D eigenvalue weighted by Crippen LogP contribution is -2.00. The first-order valence-corrected chi connectivity index (χ1v) is 5.04. The summed E-state index contributed by atoms with van der Waals surface area (Å²) in [6, 6.07) is 3.22. The Morgan fingerprint density at radius 3 is 2.84 bits per heavy atom. The third-order valence-electron chi connectivity index (χ3n) is 2.27. The molecule has 0 saturated heterocycles. The number of nitrogens with zero attached hydrogens (tertiary/aromatic N) is 4. The molecular formula is C10H7FN4O4. The Hall–Kier alpha value is -2.84. The van der Waals surface area contributed by atoms with E-state index in [4.69, 9.17) is 5.11 Å². The number of carboxylic acid groups (broad SMARTS) is 1. The number of halogens is 1. The summed E-state index contributed by atoms with van der Waals surface area (Å²) in [6.07, 6.45) is 1.00. The molecule has 19 heavy (non-hydrogen) atoms. The number of hydrogen-bond acceptors (Lipinski definition) is 5. The maximum Gasteiger partial charge on any atom is 0.309 e. The molecule has 1 aromatic carbocycles. The topological polar surface area (TPSA) is 111 Å². The lowest BCUT2D eigenvalue weighted by Gasteiger charge is -2.00. The van der Waals surface area contributed by atoms with Crippen molar-refractivity contribution in [2.45, 2.75) is 6.42 Å². The zero-order valence-corrected chi connectivity index (χ0v) is 9.36. The van der Waals surface area contributed by atoms with Gasteiger partial charge in [-0.2, -0.15) is 4.39 Å². The molecule has 8 nitrogen and oxygen atoms in total. The molecule has 0 spiro atoms. The van der Waals surface area contributed by atoms with Crippen LogP contribution in [0.4, 0.5) is 10.1 Å². The van der Waals surface area contributed by atoms with Crippen molar-refractivity contribution in [2.75, 3.05) is 0 Å². The van der Waals surface area contributed by atoms with Crippen LogP contribution < -0.4 is 0 Å². The van der Waals surface area contributed by atoms with Crippen molar-refractivity contribution in [3.8, 4) is 5.69 Å². The number of benzene rings is 1. The standard InChI is InChI=1S/C10H7FN4O4/c11-8-4-7(1-2-9(8)15(18)19)14-5-6(12-13-14)3-10(16)17/h1-2,4-5H,3H2,(H,16,17).